The Kier molecular flexibility index (Phi) is 5.43. The van der Waals surface area contributed by atoms with Crippen LogP contribution in [0.2, 0.25) is 10.0 Å². The lowest BCUT2D eigenvalue weighted by Crippen LogP contribution is -2.30. The summed E-state index contributed by atoms with van der Waals surface area (Å²) in [6, 6.07) is 8.48. The third-order valence-corrected chi connectivity index (χ3v) is 3.98. The number of halogens is 2. The Morgan fingerprint density at radius 1 is 1.15 bits per heavy atom. The Bertz CT molecular complexity index is 1080. The van der Waals surface area contributed by atoms with Crippen LogP contribution in [0.4, 0.5) is 5.82 Å². The number of aromatic nitrogens is 1. The highest BCUT2D eigenvalue weighted by molar-refractivity contribution is 6.31. The lowest BCUT2D eigenvalue weighted by atomic mass is 10.2. The number of hydrogen-bond acceptors (Lipinski definition) is 6. The molecule has 0 bridgehead atoms. The first-order valence-electron chi connectivity index (χ1n) is 7.70. The maximum atomic E-state index is 12.2. The van der Waals surface area contributed by atoms with Gasteiger partial charge in [0, 0.05) is 17.3 Å². The van der Waals surface area contributed by atoms with E-state index >= 15 is 0 Å². The average Bonchev–Trinajstić information content (AvgIpc) is 2.63. The maximum absolute atomic E-state index is 12.2. The minimum absolute atomic E-state index is 0.182. The van der Waals surface area contributed by atoms with Crippen molar-refractivity contribution in [3.05, 3.63) is 68.6 Å². The van der Waals surface area contributed by atoms with Crippen LogP contribution < -0.4 is 10.7 Å². The summed E-state index contributed by atoms with van der Waals surface area (Å²) in [7, 11) is 0. The molecule has 0 saturated carbocycles. The second-order valence-electron chi connectivity index (χ2n) is 5.51. The first-order valence-corrected chi connectivity index (χ1v) is 8.46. The fourth-order valence-corrected chi connectivity index (χ4v) is 2.46. The van der Waals surface area contributed by atoms with Crippen molar-refractivity contribution in [2.75, 3.05) is 5.32 Å². The van der Waals surface area contributed by atoms with E-state index in [1.54, 1.807) is 6.07 Å². The van der Waals surface area contributed by atoms with Gasteiger partial charge in [0.25, 0.3) is 5.91 Å². The van der Waals surface area contributed by atoms with Gasteiger partial charge >= 0.3 is 5.97 Å². The summed E-state index contributed by atoms with van der Waals surface area (Å²) in [4.78, 5) is 40.4. The van der Waals surface area contributed by atoms with Crippen LogP contribution in [0, 0.1) is 0 Å². The zero-order valence-electron chi connectivity index (χ0n) is 13.9. The zero-order valence-corrected chi connectivity index (χ0v) is 15.4. The standard InChI is InChI=1S/C18H12Cl2N2O5/c1-9(17(24)22-16-5-3-11(20)8-21-16)26-18(25)15-7-13(23)12-6-10(19)2-4-14(12)27-15/h2-9H,1H3,(H,21,22,24)/t9-/m1/s1. The molecule has 0 radical (unpaired) electrons. The molecule has 7 nitrogen and oxygen atoms in total. The summed E-state index contributed by atoms with van der Waals surface area (Å²) >= 11 is 11.6. The Balaban J connectivity index is 1.73. The molecule has 0 unspecified atom stereocenters. The Morgan fingerprint density at radius 2 is 1.89 bits per heavy atom. The normalized spacial score (nSPS) is 11.8. The molecule has 0 fully saturated rings. The summed E-state index contributed by atoms with van der Waals surface area (Å²) in [5.41, 5.74) is -0.269. The number of ether oxygens (including phenoxy) is 1. The van der Waals surface area contributed by atoms with Crippen LogP contribution in [-0.2, 0) is 9.53 Å². The van der Waals surface area contributed by atoms with E-state index in [0.717, 1.165) is 6.07 Å². The van der Waals surface area contributed by atoms with E-state index in [0.29, 0.717) is 10.0 Å². The van der Waals surface area contributed by atoms with Gasteiger partial charge in [-0.15, -0.1) is 0 Å². The third kappa shape index (κ3) is 4.45. The van der Waals surface area contributed by atoms with Gasteiger partial charge in [-0.2, -0.15) is 0 Å². The predicted octanol–water partition coefficient (Wildman–Crippen LogP) is 3.68. The fraction of sp³-hybridized carbons (Fsp3) is 0.111. The molecule has 3 rings (SSSR count). The van der Waals surface area contributed by atoms with Gasteiger partial charge in [-0.3, -0.25) is 9.59 Å². The van der Waals surface area contributed by atoms with Crippen LogP contribution >= 0.6 is 23.2 Å². The molecule has 0 aliphatic rings. The second-order valence-corrected chi connectivity index (χ2v) is 6.39. The molecule has 1 aromatic carbocycles. The van der Waals surface area contributed by atoms with Gasteiger partial charge < -0.3 is 14.5 Å². The number of carbonyl (C=O) groups excluding carboxylic acids is 2. The number of esters is 1. The number of pyridine rings is 1. The van der Waals surface area contributed by atoms with E-state index in [2.05, 4.69) is 10.3 Å². The van der Waals surface area contributed by atoms with Crippen LogP contribution in [0.5, 0.6) is 0 Å². The molecule has 0 spiro atoms. The Morgan fingerprint density at radius 3 is 2.59 bits per heavy atom. The van der Waals surface area contributed by atoms with Crippen LogP contribution in [0.1, 0.15) is 17.5 Å². The van der Waals surface area contributed by atoms with Crippen molar-refractivity contribution >= 4 is 51.9 Å². The van der Waals surface area contributed by atoms with Crippen molar-refractivity contribution in [3.8, 4) is 0 Å². The number of rotatable bonds is 4. The van der Waals surface area contributed by atoms with E-state index in [4.69, 9.17) is 32.4 Å². The molecule has 2 aromatic heterocycles. The number of nitrogens with zero attached hydrogens (tertiary/aromatic N) is 1. The van der Waals surface area contributed by atoms with E-state index in [-0.39, 0.29) is 22.5 Å². The molecule has 0 saturated heterocycles. The minimum atomic E-state index is -1.15. The molecule has 0 aliphatic carbocycles. The van der Waals surface area contributed by atoms with Crippen LogP contribution in [0.3, 0.4) is 0 Å². The van der Waals surface area contributed by atoms with Crippen LogP contribution in [0.15, 0.2) is 51.8 Å². The summed E-state index contributed by atoms with van der Waals surface area (Å²) in [6.07, 6.45) is 0.213. The fourth-order valence-electron chi connectivity index (χ4n) is 2.18. The lowest BCUT2D eigenvalue weighted by Gasteiger charge is -2.13. The summed E-state index contributed by atoms with van der Waals surface area (Å²) in [6.45, 7) is 1.38. The zero-order chi connectivity index (χ0) is 19.6. The predicted molar refractivity (Wildman–Crippen MR) is 100 cm³/mol. The second kappa shape index (κ2) is 7.77. The summed E-state index contributed by atoms with van der Waals surface area (Å²) < 4.78 is 10.4. The number of amides is 1. The molecule has 138 valence electrons. The van der Waals surface area contributed by atoms with Crippen LogP contribution in [0.25, 0.3) is 11.0 Å². The molecule has 3 aromatic rings. The number of benzene rings is 1. The van der Waals surface area contributed by atoms with Crippen molar-refractivity contribution < 1.29 is 18.7 Å². The van der Waals surface area contributed by atoms with Crippen molar-refractivity contribution in [2.24, 2.45) is 0 Å². The number of fused-ring (bicyclic) bond motifs is 1. The molecular weight excluding hydrogens is 395 g/mol. The van der Waals surface area contributed by atoms with Crippen molar-refractivity contribution in [1.82, 2.24) is 4.98 Å². The number of nitrogens with one attached hydrogen (secondary N) is 1. The van der Waals surface area contributed by atoms with Crippen molar-refractivity contribution in [2.45, 2.75) is 13.0 Å². The number of carbonyl (C=O) groups is 2. The van der Waals surface area contributed by atoms with Gasteiger partial charge in [0.15, 0.2) is 11.5 Å². The number of hydrogen-bond donors (Lipinski definition) is 1. The highest BCUT2D eigenvalue weighted by Crippen LogP contribution is 2.18. The largest absolute Gasteiger partial charge is 0.449 e. The molecule has 0 aliphatic heterocycles. The van der Waals surface area contributed by atoms with E-state index in [1.807, 2.05) is 0 Å². The van der Waals surface area contributed by atoms with Crippen LogP contribution in [-0.4, -0.2) is 23.0 Å². The summed E-state index contributed by atoms with van der Waals surface area (Å²) in [5, 5.41) is 3.50. The van der Waals surface area contributed by atoms with E-state index in [9.17, 15) is 14.4 Å². The topological polar surface area (TPSA) is 98.5 Å². The van der Waals surface area contributed by atoms with Crippen molar-refractivity contribution in [3.63, 3.8) is 0 Å². The first kappa shape index (κ1) is 18.9. The molecule has 1 N–H and O–H groups in total. The maximum Gasteiger partial charge on any atom is 0.375 e. The average molecular weight is 407 g/mol. The highest BCUT2D eigenvalue weighted by atomic mass is 35.5. The monoisotopic (exact) mass is 406 g/mol. The molecule has 2 heterocycles. The molecule has 1 atom stereocenters. The van der Waals surface area contributed by atoms with Crippen molar-refractivity contribution in [1.29, 1.82) is 0 Å². The third-order valence-electron chi connectivity index (χ3n) is 3.52. The smallest absolute Gasteiger partial charge is 0.375 e. The first-order chi connectivity index (χ1) is 12.8. The van der Waals surface area contributed by atoms with Gasteiger partial charge in [-0.05, 0) is 37.3 Å². The summed E-state index contributed by atoms with van der Waals surface area (Å²) in [5.74, 6) is -1.62. The van der Waals surface area contributed by atoms with Gasteiger partial charge in [0.05, 0.1) is 10.4 Å². The molecular formula is C18H12Cl2N2O5. The van der Waals surface area contributed by atoms with E-state index in [1.165, 1.54) is 37.4 Å². The Hall–Kier alpha value is -2.90. The lowest BCUT2D eigenvalue weighted by molar-refractivity contribution is -0.123. The quantitative estimate of drug-likeness (QED) is 0.663. The van der Waals surface area contributed by atoms with Gasteiger partial charge in [0.2, 0.25) is 5.76 Å². The number of anilines is 1. The SMILES string of the molecule is C[C@@H](OC(=O)c1cc(=O)c2cc(Cl)ccc2o1)C(=O)Nc1ccc(Cl)cn1. The molecule has 27 heavy (non-hydrogen) atoms. The highest BCUT2D eigenvalue weighted by Gasteiger charge is 2.22. The van der Waals surface area contributed by atoms with Gasteiger partial charge in [-0.1, -0.05) is 23.2 Å². The van der Waals surface area contributed by atoms with Gasteiger partial charge in [0.1, 0.15) is 11.4 Å². The van der Waals surface area contributed by atoms with E-state index < -0.39 is 23.4 Å². The Labute approximate surface area is 162 Å². The molecule has 1 amide bonds. The van der Waals surface area contributed by atoms with Gasteiger partial charge in [-0.25, -0.2) is 9.78 Å². The molecule has 9 heteroatoms. The minimum Gasteiger partial charge on any atom is -0.449 e.